The summed E-state index contributed by atoms with van der Waals surface area (Å²) in [4.78, 5) is 0. The van der Waals surface area contributed by atoms with Crippen molar-refractivity contribution in [2.24, 2.45) is 0 Å². The van der Waals surface area contributed by atoms with Gasteiger partial charge < -0.3 is 10.4 Å². The molecule has 0 aromatic carbocycles. The van der Waals surface area contributed by atoms with Gasteiger partial charge in [0, 0.05) is 27.4 Å². The molecule has 0 spiro atoms. The molecule has 12 heavy (non-hydrogen) atoms. The molecule has 0 rings (SSSR count). The van der Waals surface area contributed by atoms with Gasteiger partial charge in [0.05, 0.1) is 0 Å². The Morgan fingerprint density at radius 3 is 2.17 bits per heavy atom. The van der Waals surface area contributed by atoms with Crippen molar-refractivity contribution in [1.29, 1.82) is 0 Å². The van der Waals surface area contributed by atoms with Crippen LogP contribution in [-0.4, -0.2) is 31.2 Å². The Morgan fingerprint density at radius 1 is 1.33 bits per heavy atom. The second-order valence-electron chi connectivity index (χ2n) is 2.18. The fraction of sp³-hybridized carbons (Fsp3) is 1.00. The number of hydrogen-bond acceptors (Lipinski definition) is 2. The third-order valence-corrected chi connectivity index (χ3v) is 1.22. The predicted octanol–water partition coefficient (Wildman–Crippen LogP) is 1.89. The third-order valence-electron chi connectivity index (χ3n) is 1.22. The number of halogens is 2. The first-order valence-corrected chi connectivity index (χ1v) is 4.25. The Bertz CT molecular complexity index is 94.2. The van der Waals surface area contributed by atoms with E-state index in [0.717, 1.165) is 0 Å². The molecule has 0 fully saturated rings. The van der Waals surface area contributed by atoms with E-state index >= 15 is 0 Å². The molecule has 4 heteroatoms. The van der Waals surface area contributed by atoms with Crippen molar-refractivity contribution in [2.75, 3.05) is 20.2 Å². The second-order valence-corrected chi connectivity index (χ2v) is 2.18. The van der Waals surface area contributed by atoms with Crippen molar-refractivity contribution < 1.29 is 15.3 Å². The quantitative estimate of drug-likeness (QED) is 0.685. The van der Waals surface area contributed by atoms with Gasteiger partial charge in [0.1, 0.15) is 0 Å². The first-order valence-electron chi connectivity index (χ1n) is 4.25. The van der Waals surface area contributed by atoms with Crippen LogP contribution in [0.25, 0.3) is 0 Å². The number of aliphatic hydroxyl groups is 1. The molecule has 0 aliphatic carbocycles. The van der Waals surface area contributed by atoms with Crippen LogP contribution in [0.15, 0.2) is 0 Å². The van der Waals surface area contributed by atoms with Gasteiger partial charge in [-0.05, 0) is 7.05 Å². The normalized spacial score (nSPS) is 10.5. The van der Waals surface area contributed by atoms with Crippen LogP contribution in [0.5, 0.6) is 0 Å². The molecule has 0 saturated heterocycles. The monoisotopic (exact) mass is 185 g/mol. The zero-order valence-corrected chi connectivity index (χ0v) is 8.03. The number of alkyl halides is 2. The van der Waals surface area contributed by atoms with Crippen LogP contribution >= 0.6 is 0 Å². The summed E-state index contributed by atoms with van der Waals surface area (Å²) in [5, 5.41) is 10.8. The van der Waals surface area contributed by atoms with Gasteiger partial charge in [-0.1, -0.05) is 13.8 Å². The maximum absolute atomic E-state index is 12.4. The maximum atomic E-state index is 12.4. The molecule has 2 nitrogen and oxygen atoms in total. The van der Waals surface area contributed by atoms with Gasteiger partial charge in [-0.2, -0.15) is 0 Å². The lowest BCUT2D eigenvalue weighted by atomic mass is 10.2. The molecule has 0 amide bonds. The molecule has 0 aliphatic rings. The molecular formula is C8H21F2NO. The largest absolute Gasteiger partial charge is 0.396 e. The number of hydrogen-bond donors (Lipinski definition) is 2. The lowest BCUT2D eigenvalue weighted by molar-refractivity contribution is -0.0278. The molecule has 0 aliphatic heterocycles. The summed E-state index contributed by atoms with van der Waals surface area (Å²) in [6, 6.07) is 0. The Morgan fingerprint density at radius 2 is 1.83 bits per heavy atom. The molecule has 78 valence electrons. The predicted molar refractivity (Wildman–Crippen MR) is 48.7 cm³/mol. The summed E-state index contributed by atoms with van der Waals surface area (Å²) in [5.41, 5.74) is 0. The van der Waals surface area contributed by atoms with E-state index in [1.807, 2.05) is 13.8 Å². The van der Waals surface area contributed by atoms with Gasteiger partial charge in [0.2, 0.25) is 0 Å². The van der Waals surface area contributed by atoms with E-state index in [0.29, 0.717) is 0 Å². The summed E-state index contributed by atoms with van der Waals surface area (Å²) in [5.74, 6) is -2.71. The fourth-order valence-corrected chi connectivity index (χ4v) is 0.596. The van der Waals surface area contributed by atoms with Gasteiger partial charge in [-0.15, -0.1) is 0 Å². The van der Waals surface area contributed by atoms with E-state index in [1.54, 1.807) is 7.05 Å². The van der Waals surface area contributed by atoms with Gasteiger partial charge in [0.25, 0.3) is 5.92 Å². The highest BCUT2D eigenvalue weighted by Crippen LogP contribution is 2.21. The van der Waals surface area contributed by atoms with Crippen molar-refractivity contribution in [1.82, 2.24) is 5.32 Å². The minimum atomic E-state index is -2.71. The van der Waals surface area contributed by atoms with Crippen LogP contribution in [0.2, 0.25) is 0 Å². The molecular weight excluding hydrogens is 164 g/mol. The minimum absolute atomic E-state index is 0. The smallest absolute Gasteiger partial charge is 0.251 e. The Balaban J connectivity index is -0.000000309. The van der Waals surface area contributed by atoms with E-state index in [9.17, 15) is 8.78 Å². The van der Waals surface area contributed by atoms with Gasteiger partial charge in [0.15, 0.2) is 0 Å². The van der Waals surface area contributed by atoms with Crippen LogP contribution in [0.4, 0.5) is 8.78 Å². The minimum Gasteiger partial charge on any atom is -0.396 e. The van der Waals surface area contributed by atoms with Crippen LogP contribution < -0.4 is 5.32 Å². The molecule has 0 saturated carbocycles. The van der Waals surface area contributed by atoms with Crippen LogP contribution in [0, 0.1) is 0 Å². The summed E-state index contributed by atoms with van der Waals surface area (Å²) in [6.45, 7) is 3.84. The molecule has 0 aromatic heterocycles. The van der Waals surface area contributed by atoms with E-state index in [1.165, 1.54) is 0 Å². The number of nitrogens with one attached hydrogen (secondary N) is 1. The highest BCUT2D eigenvalue weighted by atomic mass is 19.3. The standard InChI is InChI=1S/C6H13F2NO.C2H6.H2/c1-9-4-2-6(7,8)3-5-10;1-2;/h9-10H,2-5H2,1H3;1-2H3;1H. The lowest BCUT2D eigenvalue weighted by Gasteiger charge is -2.13. The van der Waals surface area contributed by atoms with E-state index < -0.39 is 19.0 Å². The van der Waals surface area contributed by atoms with Crippen molar-refractivity contribution in [2.45, 2.75) is 32.6 Å². The van der Waals surface area contributed by atoms with Crippen molar-refractivity contribution >= 4 is 0 Å². The van der Waals surface area contributed by atoms with Crippen LogP contribution in [0.3, 0.4) is 0 Å². The highest BCUT2D eigenvalue weighted by Gasteiger charge is 2.26. The van der Waals surface area contributed by atoms with Crippen LogP contribution in [-0.2, 0) is 0 Å². The van der Waals surface area contributed by atoms with E-state index in [4.69, 9.17) is 5.11 Å². The average Bonchev–Trinajstić information content (AvgIpc) is 2.05. The number of rotatable bonds is 5. The van der Waals surface area contributed by atoms with E-state index in [2.05, 4.69) is 5.32 Å². The molecule has 0 aromatic rings. The summed E-state index contributed by atoms with van der Waals surface area (Å²) >= 11 is 0. The molecule has 2 N–H and O–H groups in total. The van der Waals surface area contributed by atoms with E-state index in [-0.39, 0.29) is 14.4 Å². The zero-order valence-electron chi connectivity index (χ0n) is 8.03. The van der Waals surface area contributed by atoms with Crippen molar-refractivity contribution in [3.63, 3.8) is 0 Å². The summed E-state index contributed by atoms with van der Waals surface area (Å²) in [7, 11) is 1.62. The van der Waals surface area contributed by atoms with Crippen molar-refractivity contribution in [3.05, 3.63) is 0 Å². The fourth-order valence-electron chi connectivity index (χ4n) is 0.596. The van der Waals surface area contributed by atoms with Gasteiger partial charge in [-0.25, -0.2) is 8.78 Å². The second kappa shape index (κ2) is 8.87. The Kier molecular flexibility index (Phi) is 10.6. The highest BCUT2D eigenvalue weighted by molar-refractivity contribution is 4.65. The SMILES string of the molecule is CC.CNCCC(F)(F)CCO.[HH]. The molecule has 0 radical (unpaired) electrons. The molecule has 0 bridgehead atoms. The van der Waals surface area contributed by atoms with Gasteiger partial charge >= 0.3 is 0 Å². The number of aliphatic hydroxyl groups excluding tert-OH is 1. The summed E-state index contributed by atoms with van der Waals surface area (Å²) in [6.07, 6.45) is -0.640. The van der Waals surface area contributed by atoms with Crippen LogP contribution in [0.1, 0.15) is 28.1 Å². The third kappa shape index (κ3) is 9.78. The van der Waals surface area contributed by atoms with Gasteiger partial charge in [-0.3, -0.25) is 0 Å². The topological polar surface area (TPSA) is 32.3 Å². The van der Waals surface area contributed by atoms with Crippen molar-refractivity contribution in [3.8, 4) is 0 Å². The average molecular weight is 185 g/mol. The lowest BCUT2D eigenvalue weighted by Crippen LogP contribution is -2.23. The summed E-state index contributed by atoms with van der Waals surface area (Å²) < 4.78 is 24.8. The first kappa shape index (κ1) is 14.3. The Labute approximate surface area is 74.5 Å². The molecule has 0 unspecified atom stereocenters. The molecule has 0 atom stereocenters. The molecule has 0 heterocycles. The zero-order chi connectivity index (χ0) is 10.0. The first-order chi connectivity index (χ1) is 5.62. The maximum Gasteiger partial charge on any atom is 0.251 e. The Hall–Kier alpha value is -0.220.